The Bertz CT molecular complexity index is 488. The van der Waals surface area contributed by atoms with Gasteiger partial charge in [0.25, 0.3) is 0 Å². The first-order chi connectivity index (χ1) is 8.49. The van der Waals surface area contributed by atoms with E-state index in [1.54, 1.807) is 0 Å². The van der Waals surface area contributed by atoms with Crippen molar-refractivity contribution in [2.45, 2.75) is 32.7 Å². The SMILES string of the molecule is CC(C)CC1=CC=CC(C)(c2cccc(N)n2)N1. The number of nitrogens with zero attached hydrogens (tertiary/aromatic N) is 1. The highest BCUT2D eigenvalue weighted by Gasteiger charge is 2.27. The largest absolute Gasteiger partial charge is 0.384 e. The van der Waals surface area contributed by atoms with Crippen LogP contribution in [0.3, 0.4) is 0 Å². The molecule has 1 aromatic heterocycles. The summed E-state index contributed by atoms with van der Waals surface area (Å²) >= 11 is 0. The zero-order valence-corrected chi connectivity index (χ0v) is 11.3. The van der Waals surface area contributed by atoms with E-state index in [0.29, 0.717) is 11.7 Å². The van der Waals surface area contributed by atoms with Crippen LogP contribution in [0.1, 0.15) is 32.9 Å². The molecule has 2 rings (SSSR count). The van der Waals surface area contributed by atoms with Crippen molar-refractivity contribution < 1.29 is 0 Å². The Balaban J connectivity index is 2.24. The maximum absolute atomic E-state index is 5.76. The van der Waals surface area contributed by atoms with Crippen LogP contribution >= 0.6 is 0 Å². The average Bonchev–Trinajstić information content (AvgIpc) is 2.28. The molecule has 96 valence electrons. The molecule has 0 saturated carbocycles. The van der Waals surface area contributed by atoms with Gasteiger partial charge in [0.05, 0.1) is 11.2 Å². The van der Waals surface area contributed by atoms with Crippen LogP contribution in [0.5, 0.6) is 0 Å². The van der Waals surface area contributed by atoms with Gasteiger partial charge in [-0.15, -0.1) is 0 Å². The molecule has 0 radical (unpaired) electrons. The Kier molecular flexibility index (Phi) is 3.41. The van der Waals surface area contributed by atoms with Gasteiger partial charge in [0.2, 0.25) is 0 Å². The molecule has 1 aliphatic heterocycles. The van der Waals surface area contributed by atoms with Crippen molar-refractivity contribution in [1.29, 1.82) is 0 Å². The van der Waals surface area contributed by atoms with Crippen LogP contribution in [0.4, 0.5) is 5.82 Å². The molecule has 0 fully saturated rings. The zero-order chi connectivity index (χ0) is 13.2. The Labute approximate surface area is 109 Å². The van der Waals surface area contributed by atoms with Gasteiger partial charge < -0.3 is 11.1 Å². The molecule has 3 nitrogen and oxygen atoms in total. The Morgan fingerprint density at radius 1 is 1.39 bits per heavy atom. The molecule has 0 bridgehead atoms. The maximum Gasteiger partial charge on any atom is 0.123 e. The van der Waals surface area contributed by atoms with Crippen molar-refractivity contribution in [1.82, 2.24) is 10.3 Å². The third-order valence-electron chi connectivity index (χ3n) is 3.08. The molecule has 1 atom stereocenters. The number of pyridine rings is 1. The minimum atomic E-state index is -0.269. The summed E-state index contributed by atoms with van der Waals surface area (Å²) in [6.07, 6.45) is 7.40. The number of hydrogen-bond acceptors (Lipinski definition) is 3. The average molecular weight is 243 g/mol. The normalized spacial score (nSPS) is 22.8. The van der Waals surface area contributed by atoms with Crippen LogP contribution in [0.25, 0.3) is 0 Å². The van der Waals surface area contributed by atoms with Gasteiger partial charge in [-0.2, -0.15) is 0 Å². The van der Waals surface area contributed by atoms with Crippen LogP contribution in [-0.2, 0) is 5.54 Å². The fourth-order valence-corrected chi connectivity index (χ4v) is 2.22. The summed E-state index contributed by atoms with van der Waals surface area (Å²) in [5, 5.41) is 3.56. The lowest BCUT2D eigenvalue weighted by Crippen LogP contribution is -2.39. The van der Waals surface area contributed by atoms with Crippen molar-refractivity contribution in [2.75, 3.05) is 5.73 Å². The molecule has 0 amide bonds. The number of anilines is 1. The van der Waals surface area contributed by atoms with Gasteiger partial charge in [-0.3, -0.25) is 0 Å². The summed E-state index contributed by atoms with van der Waals surface area (Å²) < 4.78 is 0. The van der Waals surface area contributed by atoms with E-state index in [1.165, 1.54) is 5.70 Å². The standard InChI is InChI=1S/C15H21N3/c1-11(2)10-12-6-5-9-15(3,18-12)13-7-4-8-14(16)17-13/h4-9,11,18H,10H2,1-3H3,(H2,16,17). The van der Waals surface area contributed by atoms with E-state index >= 15 is 0 Å². The van der Waals surface area contributed by atoms with E-state index in [-0.39, 0.29) is 5.54 Å². The summed E-state index contributed by atoms with van der Waals surface area (Å²) in [4.78, 5) is 4.42. The summed E-state index contributed by atoms with van der Waals surface area (Å²) in [5.74, 6) is 1.19. The highest BCUT2D eigenvalue weighted by Crippen LogP contribution is 2.27. The first-order valence-corrected chi connectivity index (χ1v) is 6.39. The van der Waals surface area contributed by atoms with Crippen LogP contribution in [0, 0.1) is 5.92 Å². The van der Waals surface area contributed by atoms with Gasteiger partial charge in [0, 0.05) is 5.70 Å². The van der Waals surface area contributed by atoms with Crippen LogP contribution in [0.15, 0.2) is 42.1 Å². The highest BCUT2D eigenvalue weighted by molar-refractivity contribution is 5.36. The molecule has 18 heavy (non-hydrogen) atoms. The quantitative estimate of drug-likeness (QED) is 0.858. The maximum atomic E-state index is 5.76. The number of nitrogen functional groups attached to an aromatic ring is 1. The number of rotatable bonds is 3. The van der Waals surface area contributed by atoms with Gasteiger partial charge >= 0.3 is 0 Å². The fourth-order valence-electron chi connectivity index (χ4n) is 2.22. The first-order valence-electron chi connectivity index (χ1n) is 6.39. The number of allylic oxidation sites excluding steroid dienone is 3. The van der Waals surface area contributed by atoms with E-state index in [2.05, 4.69) is 49.3 Å². The second-order valence-corrected chi connectivity index (χ2v) is 5.42. The number of nitrogens with one attached hydrogen (secondary N) is 1. The number of aromatic nitrogens is 1. The molecule has 3 N–H and O–H groups in total. The van der Waals surface area contributed by atoms with E-state index < -0.39 is 0 Å². The molecule has 1 unspecified atom stereocenters. The van der Waals surface area contributed by atoms with Crippen molar-refractivity contribution in [3.05, 3.63) is 47.8 Å². The molecule has 2 heterocycles. The third-order valence-corrected chi connectivity index (χ3v) is 3.08. The Morgan fingerprint density at radius 3 is 2.83 bits per heavy atom. The molecule has 1 aliphatic rings. The molecule has 1 aromatic rings. The summed E-state index contributed by atoms with van der Waals surface area (Å²) in [7, 11) is 0. The minimum Gasteiger partial charge on any atom is -0.384 e. The molecule has 0 saturated heterocycles. The van der Waals surface area contributed by atoms with E-state index in [1.807, 2.05) is 18.2 Å². The number of hydrogen-bond donors (Lipinski definition) is 2. The predicted octanol–water partition coefficient (Wildman–Crippen LogP) is 2.97. The number of nitrogens with two attached hydrogens (primary N) is 1. The first kappa shape index (κ1) is 12.7. The van der Waals surface area contributed by atoms with Gasteiger partial charge in [0.15, 0.2) is 0 Å². The van der Waals surface area contributed by atoms with Crippen molar-refractivity contribution >= 4 is 5.82 Å². The lowest BCUT2D eigenvalue weighted by Gasteiger charge is -2.32. The third kappa shape index (κ3) is 2.73. The molecular weight excluding hydrogens is 222 g/mol. The van der Waals surface area contributed by atoms with Crippen molar-refractivity contribution in [3.63, 3.8) is 0 Å². The summed E-state index contributed by atoms with van der Waals surface area (Å²) in [6, 6.07) is 5.76. The van der Waals surface area contributed by atoms with Crippen LogP contribution < -0.4 is 11.1 Å². The van der Waals surface area contributed by atoms with Crippen LogP contribution in [0.2, 0.25) is 0 Å². The second kappa shape index (κ2) is 4.84. The lowest BCUT2D eigenvalue weighted by molar-refractivity contribution is 0.459. The monoisotopic (exact) mass is 243 g/mol. The lowest BCUT2D eigenvalue weighted by atomic mass is 9.92. The van der Waals surface area contributed by atoms with Gasteiger partial charge in [-0.25, -0.2) is 4.98 Å². The Hall–Kier alpha value is -1.77. The summed E-state index contributed by atoms with van der Waals surface area (Å²) in [6.45, 7) is 6.56. The summed E-state index contributed by atoms with van der Waals surface area (Å²) in [5.41, 5.74) is 7.69. The fraction of sp³-hybridized carbons (Fsp3) is 0.400. The minimum absolute atomic E-state index is 0.269. The molecule has 0 aliphatic carbocycles. The van der Waals surface area contributed by atoms with Crippen molar-refractivity contribution in [3.8, 4) is 0 Å². The van der Waals surface area contributed by atoms with E-state index in [9.17, 15) is 0 Å². The van der Waals surface area contributed by atoms with Crippen molar-refractivity contribution in [2.24, 2.45) is 5.92 Å². The van der Waals surface area contributed by atoms with E-state index in [4.69, 9.17) is 5.73 Å². The van der Waals surface area contributed by atoms with Crippen LogP contribution in [-0.4, -0.2) is 4.98 Å². The van der Waals surface area contributed by atoms with Gasteiger partial charge in [0.1, 0.15) is 5.82 Å². The molecule has 0 aromatic carbocycles. The number of dihydropyridines is 1. The van der Waals surface area contributed by atoms with E-state index in [0.717, 1.165) is 12.1 Å². The topological polar surface area (TPSA) is 50.9 Å². The van der Waals surface area contributed by atoms with Gasteiger partial charge in [-0.1, -0.05) is 32.1 Å². The molecular formula is C15H21N3. The second-order valence-electron chi connectivity index (χ2n) is 5.42. The van der Waals surface area contributed by atoms with Gasteiger partial charge in [-0.05, 0) is 37.5 Å². The predicted molar refractivity (Wildman–Crippen MR) is 75.8 cm³/mol. The highest BCUT2D eigenvalue weighted by atomic mass is 15.0. The zero-order valence-electron chi connectivity index (χ0n) is 11.3. The molecule has 3 heteroatoms. The smallest absolute Gasteiger partial charge is 0.123 e. The Morgan fingerprint density at radius 2 is 2.17 bits per heavy atom. The molecule has 0 spiro atoms.